The normalized spacial score (nSPS) is 16.9. The van der Waals surface area contributed by atoms with Gasteiger partial charge in [0.2, 0.25) is 5.95 Å². The van der Waals surface area contributed by atoms with E-state index in [1.54, 1.807) is 21.7 Å². The van der Waals surface area contributed by atoms with Gasteiger partial charge in [0.05, 0.1) is 25.9 Å². The third-order valence-corrected chi connectivity index (χ3v) is 6.53. The number of aromatic nitrogens is 3. The summed E-state index contributed by atoms with van der Waals surface area (Å²) in [4.78, 5) is 32.1. The number of hydrogen-bond donors (Lipinski definition) is 2. The van der Waals surface area contributed by atoms with Crippen molar-refractivity contribution in [1.29, 1.82) is 0 Å². The second kappa shape index (κ2) is 10.9. The van der Waals surface area contributed by atoms with Gasteiger partial charge in [0.15, 0.2) is 18.1 Å². The van der Waals surface area contributed by atoms with Crippen LogP contribution in [0.15, 0.2) is 60.1 Å². The monoisotopic (exact) mass is 518 g/mol. The lowest BCUT2D eigenvalue weighted by Crippen LogP contribution is -2.43. The molecule has 11 heteroatoms. The van der Waals surface area contributed by atoms with Crippen LogP contribution in [0.2, 0.25) is 0 Å². The first-order valence-electron chi connectivity index (χ1n) is 12.4. The van der Waals surface area contributed by atoms with Crippen LogP contribution in [0.1, 0.15) is 24.1 Å². The molecule has 2 amide bonds. The van der Waals surface area contributed by atoms with Crippen molar-refractivity contribution < 1.29 is 23.8 Å². The molecule has 11 nitrogen and oxygen atoms in total. The van der Waals surface area contributed by atoms with Crippen molar-refractivity contribution in [3.63, 3.8) is 0 Å². The first-order chi connectivity index (χ1) is 18.4. The zero-order chi connectivity index (χ0) is 26.6. The maximum Gasteiger partial charge on any atom is 0.260 e. The predicted octanol–water partition coefficient (Wildman–Crippen LogP) is 2.76. The molecule has 0 aliphatic carbocycles. The van der Waals surface area contributed by atoms with E-state index in [9.17, 15) is 9.59 Å². The summed E-state index contributed by atoms with van der Waals surface area (Å²) in [7, 11) is 1.53. The summed E-state index contributed by atoms with van der Waals surface area (Å²) in [6, 6.07) is 12.4. The molecule has 0 spiro atoms. The molecule has 1 unspecified atom stereocenters. The minimum atomic E-state index is -0.573. The number of fused-ring (bicyclic) bond motifs is 1. The quantitative estimate of drug-likeness (QED) is 0.490. The third kappa shape index (κ3) is 5.18. The largest absolute Gasteiger partial charge is 0.493 e. The molecule has 198 valence electrons. The molecule has 1 aromatic heterocycles. The summed E-state index contributed by atoms with van der Waals surface area (Å²) >= 11 is 0. The Bertz CT molecular complexity index is 1380. The van der Waals surface area contributed by atoms with Crippen molar-refractivity contribution >= 4 is 23.5 Å². The fraction of sp³-hybridized carbons (Fsp3) is 0.333. The van der Waals surface area contributed by atoms with E-state index in [0.717, 1.165) is 11.1 Å². The van der Waals surface area contributed by atoms with Crippen molar-refractivity contribution in [2.75, 3.05) is 50.7 Å². The van der Waals surface area contributed by atoms with Crippen molar-refractivity contribution in [3.8, 4) is 11.5 Å². The molecule has 2 aliphatic rings. The molecule has 1 atom stereocenters. The second-order valence-electron chi connectivity index (χ2n) is 9.11. The number of nitrogens with zero attached hydrogens (tertiary/aromatic N) is 4. The lowest BCUT2D eigenvalue weighted by Gasteiger charge is -2.29. The highest BCUT2D eigenvalue weighted by atomic mass is 16.5. The average Bonchev–Trinajstić information content (AvgIpc) is 3.39. The molecule has 3 aromatic rings. The number of rotatable bonds is 7. The summed E-state index contributed by atoms with van der Waals surface area (Å²) in [5, 5.41) is 10.6. The van der Waals surface area contributed by atoms with Crippen molar-refractivity contribution in [2.45, 2.75) is 19.9 Å². The number of allylic oxidation sites excluding steroid dienone is 1. The van der Waals surface area contributed by atoms with Crippen LogP contribution in [0.5, 0.6) is 11.5 Å². The van der Waals surface area contributed by atoms with E-state index in [4.69, 9.17) is 14.2 Å². The van der Waals surface area contributed by atoms with E-state index in [1.807, 2.05) is 44.2 Å². The Morgan fingerprint density at radius 1 is 1.13 bits per heavy atom. The van der Waals surface area contributed by atoms with Gasteiger partial charge in [-0.1, -0.05) is 18.2 Å². The maximum absolute atomic E-state index is 13.6. The van der Waals surface area contributed by atoms with E-state index in [0.29, 0.717) is 60.7 Å². The van der Waals surface area contributed by atoms with Crippen LogP contribution in [0.25, 0.3) is 0 Å². The zero-order valence-corrected chi connectivity index (χ0v) is 21.6. The Morgan fingerprint density at radius 2 is 1.95 bits per heavy atom. The van der Waals surface area contributed by atoms with E-state index in [-0.39, 0.29) is 18.4 Å². The highest BCUT2D eigenvalue weighted by Gasteiger charge is 2.34. The molecule has 5 rings (SSSR count). The first kappa shape index (κ1) is 25.3. The van der Waals surface area contributed by atoms with Gasteiger partial charge >= 0.3 is 0 Å². The number of ether oxygens (including phenoxy) is 3. The van der Waals surface area contributed by atoms with E-state index in [2.05, 4.69) is 20.7 Å². The van der Waals surface area contributed by atoms with E-state index in [1.165, 1.54) is 13.4 Å². The molecule has 38 heavy (non-hydrogen) atoms. The summed E-state index contributed by atoms with van der Waals surface area (Å²) < 4.78 is 18.4. The number of nitrogens with one attached hydrogen (secondary N) is 2. The van der Waals surface area contributed by atoms with Gasteiger partial charge in [-0.25, -0.2) is 4.68 Å². The zero-order valence-electron chi connectivity index (χ0n) is 21.6. The number of hydrogen-bond acceptors (Lipinski definition) is 8. The maximum atomic E-state index is 13.6. The van der Waals surface area contributed by atoms with Crippen LogP contribution in [-0.4, -0.2) is 71.5 Å². The van der Waals surface area contributed by atoms with E-state index < -0.39 is 6.04 Å². The summed E-state index contributed by atoms with van der Waals surface area (Å²) in [6.07, 6.45) is 1.44. The minimum Gasteiger partial charge on any atom is -0.493 e. The van der Waals surface area contributed by atoms with Crippen molar-refractivity contribution in [3.05, 3.63) is 71.2 Å². The number of anilines is 2. The minimum absolute atomic E-state index is 0.112. The van der Waals surface area contributed by atoms with Gasteiger partial charge in [-0.15, -0.1) is 0 Å². The molecule has 1 saturated heterocycles. The van der Waals surface area contributed by atoms with Crippen molar-refractivity contribution in [2.24, 2.45) is 0 Å². The molecule has 2 aliphatic heterocycles. The van der Waals surface area contributed by atoms with Crippen LogP contribution in [0.4, 0.5) is 11.6 Å². The van der Waals surface area contributed by atoms with E-state index >= 15 is 0 Å². The molecule has 2 aromatic carbocycles. The fourth-order valence-corrected chi connectivity index (χ4v) is 4.63. The number of carbonyl (C=O) groups excluding carboxylic acids is 2. The molecular weight excluding hydrogens is 488 g/mol. The number of aryl methyl sites for hydroxylation is 1. The highest BCUT2D eigenvalue weighted by molar-refractivity contribution is 6.06. The summed E-state index contributed by atoms with van der Waals surface area (Å²) in [5.74, 6) is 1.02. The molecule has 0 bridgehead atoms. The number of carbonyl (C=O) groups is 2. The predicted molar refractivity (Wildman–Crippen MR) is 140 cm³/mol. The Morgan fingerprint density at radius 3 is 2.71 bits per heavy atom. The molecule has 0 saturated carbocycles. The van der Waals surface area contributed by atoms with Crippen molar-refractivity contribution in [1.82, 2.24) is 19.7 Å². The van der Waals surface area contributed by atoms with Crippen LogP contribution in [0, 0.1) is 6.92 Å². The lowest BCUT2D eigenvalue weighted by atomic mass is 9.94. The van der Waals surface area contributed by atoms with Gasteiger partial charge < -0.3 is 29.7 Å². The Balaban J connectivity index is 1.42. The second-order valence-corrected chi connectivity index (χ2v) is 9.11. The van der Waals surface area contributed by atoms with Crippen LogP contribution < -0.4 is 20.1 Å². The van der Waals surface area contributed by atoms with Gasteiger partial charge in [0, 0.05) is 24.5 Å². The van der Waals surface area contributed by atoms with Gasteiger partial charge in [0.1, 0.15) is 12.4 Å². The van der Waals surface area contributed by atoms with Crippen LogP contribution >= 0.6 is 0 Å². The van der Waals surface area contributed by atoms with Crippen LogP contribution in [-0.2, 0) is 14.3 Å². The number of benzene rings is 2. The Labute approximate surface area is 220 Å². The SMILES string of the molecule is COc1cc(C2C(C(=O)Nc3cccc(C)c3)=C(C)Nc3ncnn32)ccc1OCC(=O)N1CCOCC1. The fourth-order valence-electron chi connectivity index (χ4n) is 4.63. The van der Waals surface area contributed by atoms with Gasteiger partial charge in [-0.3, -0.25) is 9.59 Å². The number of amides is 2. The lowest BCUT2D eigenvalue weighted by molar-refractivity contribution is -0.137. The number of methoxy groups -OCH3 is 1. The highest BCUT2D eigenvalue weighted by Crippen LogP contribution is 2.39. The molecule has 1 fully saturated rings. The Hall–Kier alpha value is -4.38. The summed E-state index contributed by atoms with van der Waals surface area (Å²) in [5.41, 5.74) is 3.64. The third-order valence-electron chi connectivity index (χ3n) is 6.53. The molecule has 0 radical (unpaired) electrons. The van der Waals surface area contributed by atoms with Gasteiger partial charge in [-0.05, 0) is 49.2 Å². The standard InChI is InChI=1S/C27H30N6O5/c1-17-5-4-6-20(13-17)31-26(35)24-18(2)30-27-28-16-29-33(27)25(24)19-7-8-21(22(14-19)36-3)38-15-23(34)32-9-11-37-12-10-32/h4-8,13-14,16,25H,9-12,15H2,1-3H3,(H,31,35)(H,28,29,30). The Kier molecular flexibility index (Phi) is 7.27. The van der Waals surface area contributed by atoms with Crippen LogP contribution in [0.3, 0.4) is 0 Å². The summed E-state index contributed by atoms with van der Waals surface area (Å²) in [6.45, 7) is 5.84. The van der Waals surface area contributed by atoms with Gasteiger partial charge in [0.25, 0.3) is 11.8 Å². The number of morpholine rings is 1. The molecule has 2 N–H and O–H groups in total. The first-order valence-corrected chi connectivity index (χ1v) is 12.4. The average molecular weight is 519 g/mol. The topological polar surface area (TPSA) is 120 Å². The molecular formula is C27H30N6O5. The molecule has 3 heterocycles. The van der Waals surface area contributed by atoms with Gasteiger partial charge in [-0.2, -0.15) is 10.1 Å². The smallest absolute Gasteiger partial charge is 0.260 e.